The third-order valence-corrected chi connectivity index (χ3v) is 2.88. The van der Waals surface area contributed by atoms with Gasteiger partial charge in [0.2, 0.25) is 5.91 Å². The Hall–Kier alpha value is -1.03. The summed E-state index contributed by atoms with van der Waals surface area (Å²) in [7, 11) is 0. The minimum absolute atomic E-state index is 0.0419. The Morgan fingerprint density at radius 1 is 1.60 bits per heavy atom. The van der Waals surface area contributed by atoms with Crippen LogP contribution in [-0.2, 0) is 4.79 Å². The number of aryl methyl sites for hydroxylation is 1. The highest BCUT2D eigenvalue weighted by molar-refractivity contribution is 6.31. The fourth-order valence-corrected chi connectivity index (χ4v) is 1.58. The van der Waals surface area contributed by atoms with E-state index in [1.54, 1.807) is 11.6 Å². The maximum absolute atomic E-state index is 11.6. The van der Waals surface area contributed by atoms with Crippen LogP contribution in [0.2, 0.25) is 5.02 Å². The molecule has 1 heterocycles. The van der Waals surface area contributed by atoms with E-state index in [0.29, 0.717) is 11.6 Å². The molecule has 0 saturated heterocycles. The Morgan fingerprint density at radius 2 is 2.20 bits per heavy atom. The van der Waals surface area contributed by atoms with Crippen molar-refractivity contribution in [3.8, 4) is 0 Å². The summed E-state index contributed by atoms with van der Waals surface area (Å²) in [5, 5.41) is 7.62. The van der Waals surface area contributed by atoms with Crippen molar-refractivity contribution in [2.75, 3.05) is 6.54 Å². The van der Waals surface area contributed by atoms with Crippen LogP contribution >= 0.6 is 11.6 Å². The molecule has 4 nitrogen and oxygen atoms in total. The zero-order valence-electron chi connectivity index (χ0n) is 9.47. The summed E-state index contributed by atoms with van der Waals surface area (Å²) in [6.45, 7) is 8.00. The second-order valence-electron chi connectivity index (χ2n) is 3.50. The first-order chi connectivity index (χ1) is 6.99. The number of aromatic nitrogens is 2. The van der Waals surface area contributed by atoms with Gasteiger partial charge in [-0.25, -0.2) is 0 Å². The molecule has 15 heavy (non-hydrogen) atoms. The molecule has 1 aromatic heterocycles. The summed E-state index contributed by atoms with van der Waals surface area (Å²) in [6.07, 6.45) is 0. The first-order valence-corrected chi connectivity index (χ1v) is 5.35. The number of hydrogen-bond donors (Lipinski definition) is 1. The number of halogens is 1. The SMILES string of the molecule is CCNC(=O)C(C)n1nc(C)c(Cl)c1C. The smallest absolute Gasteiger partial charge is 0.244 e. The highest BCUT2D eigenvalue weighted by atomic mass is 35.5. The molecule has 1 atom stereocenters. The van der Waals surface area contributed by atoms with Crippen molar-refractivity contribution < 1.29 is 4.79 Å². The summed E-state index contributed by atoms with van der Waals surface area (Å²) in [5.41, 5.74) is 1.58. The number of likely N-dealkylation sites (N-methyl/N-ethyl adjacent to an activating group) is 1. The number of nitrogens with one attached hydrogen (secondary N) is 1. The molecule has 0 aliphatic rings. The molecule has 0 fully saturated rings. The number of nitrogens with zero attached hydrogens (tertiary/aromatic N) is 2. The molecule has 1 amide bonds. The molecule has 1 aromatic rings. The van der Waals surface area contributed by atoms with Crippen LogP contribution in [-0.4, -0.2) is 22.2 Å². The number of carbonyl (C=O) groups is 1. The normalized spacial score (nSPS) is 12.6. The lowest BCUT2D eigenvalue weighted by Crippen LogP contribution is -2.31. The first-order valence-electron chi connectivity index (χ1n) is 4.98. The molecule has 0 saturated carbocycles. The minimum Gasteiger partial charge on any atom is -0.355 e. The molecule has 0 aromatic carbocycles. The molecule has 0 aliphatic carbocycles. The topological polar surface area (TPSA) is 46.9 Å². The van der Waals surface area contributed by atoms with E-state index >= 15 is 0 Å². The van der Waals surface area contributed by atoms with E-state index in [9.17, 15) is 4.79 Å². The van der Waals surface area contributed by atoms with Crippen LogP contribution in [0.1, 0.15) is 31.3 Å². The van der Waals surface area contributed by atoms with Gasteiger partial charge >= 0.3 is 0 Å². The van der Waals surface area contributed by atoms with Crippen LogP contribution in [0.15, 0.2) is 0 Å². The highest BCUT2D eigenvalue weighted by Gasteiger charge is 2.19. The van der Waals surface area contributed by atoms with E-state index < -0.39 is 0 Å². The summed E-state index contributed by atoms with van der Waals surface area (Å²) in [6, 6.07) is -0.323. The number of amides is 1. The highest BCUT2D eigenvalue weighted by Crippen LogP contribution is 2.21. The van der Waals surface area contributed by atoms with Gasteiger partial charge in [0.15, 0.2) is 0 Å². The van der Waals surface area contributed by atoms with Crippen LogP contribution in [0, 0.1) is 13.8 Å². The average molecular weight is 230 g/mol. The van der Waals surface area contributed by atoms with Gasteiger partial charge in [-0.15, -0.1) is 0 Å². The van der Waals surface area contributed by atoms with E-state index in [2.05, 4.69) is 10.4 Å². The maximum Gasteiger partial charge on any atom is 0.244 e. The predicted molar refractivity (Wildman–Crippen MR) is 60.1 cm³/mol. The van der Waals surface area contributed by atoms with Crippen LogP contribution < -0.4 is 5.32 Å². The van der Waals surface area contributed by atoms with Gasteiger partial charge in [0.1, 0.15) is 6.04 Å². The second-order valence-corrected chi connectivity index (χ2v) is 3.88. The Bertz CT molecular complexity index is 373. The number of rotatable bonds is 3. The number of carbonyl (C=O) groups excluding carboxylic acids is 1. The van der Waals surface area contributed by atoms with Crippen LogP contribution in [0.4, 0.5) is 0 Å². The van der Waals surface area contributed by atoms with Gasteiger partial charge in [-0.1, -0.05) is 11.6 Å². The molecule has 0 spiro atoms. The van der Waals surface area contributed by atoms with E-state index in [1.807, 2.05) is 20.8 Å². The van der Waals surface area contributed by atoms with Crippen molar-refractivity contribution in [1.29, 1.82) is 0 Å². The third kappa shape index (κ3) is 2.31. The molecule has 5 heteroatoms. The molecule has 0 bridgehead atoms. The fraction of sp³-hybridized carbons (Fsp3) is 0.600. The predicted octanol–water partition coefficient (Wildman–Crippen LogP) is 1.85. The Morgan fingerprint density at radius 3 is 2.60 bits per heavy atom. The Kier molecular flexibility index (Phi) is 3.74. The molecule has 1 rings (SSSR count). The van der Waals surface area contributed by atoms with Crippen LogP contribution in [0.3, 0.4) is 0 Å². The zero-order chi connectivity index (χ0) is 11.6. The molecule has 84 valence electrons. The van der Waals surface area contributed by atoms with Gasteiger partial charge in [-0.3, -0.25) is 9.48 Å². The molecule has 1 N–H and O–H groups in total. The molecule has 0 aliphatic heterocycles. The lowest BCUT2D eigenvalue weighted by molar-refractivity contribution is -0.124. The van der Waals surface area contributed by atoms with Crippen molar-refractivity contribution >= 4 is 17.5 Å². The Balaban J connectivity index is 2.96. The molecule has 1 unspecified atom stereocenters. The second kappa shape index (κ2) is 4.66. The van der Waals surface area contributed by atoms with Gasteiger partial charge in [0.25, 0.3) is 0 Å². The summed E-state index contributed by atoms with van der Waals surface area (Å²) in [5.74, 6) is -0.0419. The van der Waals surface area contributed by atoms with E-state index in [4.69, 9.17) is 11.6 Å². The maximum atomic E-state index is 11.6. The van der Waals surface area contributed by atoms with Crippen LogP contribution in [0.5, 0.6) is 0 Å². The van der Waals surface area contributed by atoms with E-state index in [1.165, 1.54) is 0 Å². The Labute approximate surface area is 94.6 Å². The van der Waals surface area contributed by atoms with Gasteiger partial charge in [0, 0.05) is 6.54 Å². The van der Waals surface area contributed by atoms with Gasteiger partial charge in [-0.05, 0) is 27.7 Å². The number of hydrogen-bond acceptors (Lipinski definition) is 2. The minimum atomic E-state index is -0.323. The van der Waals surface area contributed by atoms with Crippen molar-refractivity contribution in [2.45, 2.75) is 33.7 Å². The summed E-state index contributed by atoms with van der Waals surface area (Å²) in [4.78, 5) is 11.6. The van der Waals surface area contributed by atoms with E-state index in [-0.39, 0.29) is 11.9 Å². The standard InChI is InChI=1S/C10H16ClN3O/c1-5-12-10(15)8(4)14-7(3)9(11)6(2)13-14/h8H,5H2,1-4H3,(H,12,15). The van der Waals surface area contributed by atoms with E-state index in [0.717, 1.165) is 11.4 Å². The average Bonchev–Trinajstić information content (AvgIpc) is 2.45. The largest absolute Gasteiger partial charge is 0.355 e. The zero-order valence-corrected chi connectivity index (χ0v) is 10.2. The molecular weight excluding hydrogens is 214 g/mol. The summed E-state index contributed by atoms with van der Waals surface area (Å²) >= 11 is 6.01. The van der Waals surface area contributed by atoms with Crippen molar-refractivity contribution in [3.63, 3.8) is 0 Å². The van der Waals surface area contributed by atoms with Crippen LogP contribution in [0.25, 0.3) is 0 Å². The molecule has 0 radical (unpaired) electrons. The van der Waals surface area contributed by atoms with Crippen molar-refractivity contribution in [2.24, 2.45) is 0 Å². The lowest BCUT2D eigenvalue weighted by atomic mass is 10.3. The molecular formula is C10H16ClN3O. The first kappa shape index (κ1) is 12.0. The quantitative estimate of drug-likeness (QED) is 0.860. The lowest BCUT2D eigenvalue weighted by Gasteiger charge is -2.13. The van der Waals surface area contributed by atoms with Crippen molar-refractivity contribution in [3.05, 3.63) is 16.4 Å². The third-order valence-electron chi connectivity index (χ3n) is 2.33. The monoisotopic (exact) mass is 229 g/mol. The van der Waals surface area contributed by atoms with Crippen molar-refractivity contribution in [1.82, 2.24) is 15.1 Å². The fourth-order valence-electron chi connectivity index (χ4n) is 1.45. The van der Waals surface area contributed by atoms with Gasteiger partial charge < -0.3 is 5.32 Å². The van der Waals surface area contributed by atoms with Gasteiger partial charge in [-0.2, -0.15) is 5.10 Å². The summed E-state index contributed by atoms with van der Waals surface area (Å²) < 4.78 is 1.66. The van der Waals surface area contributed by atoms with Gasteiger partial charge in [0.05, 0.1) is 16.4 Å².